The van der Waals surface area contributed by atoms with Crippen LogP contribution in [0.1, 0.15) is 45.2 Å². The molecule has 0 bridgehead atoms. The molecule has 1 aromatic rings. The van der Waals surface area contributed by atoms with Crippen molar-refractivity contribution < 1.29 is 4.79 Å². The predicted octanol–water partition coefficient (Wildman–Crippen LogP) is 2.96. The number of amides is 1. The number of pyridine rings is 1. The molecule has 0 unspecified atom stereocenters. The van der Waals surface area contributed by atoms with E-state index in [2.05, 4.69) is 24.1 Å². The van der Waals surface area contributed by atoms with E-state index in [1.165, 1.54) is 25.7 Å². The molecule has 118 valence electrons. The first-order valence-corrected chi connectivity index (χ1v) is 7.42. The number of nitrogens with two attached hydrogens (primary N) is 1. The molecule has 1 aliphatic carbocycles. The zero-order valence-corrected chi connectivity index (χ0v) is 13.7. The highest BCUT2D eigenvalue weighted by atomic mass is 35.5. The molecule has 0 spiro atoms. The number of carbonyl (C=O) groups excluding carboxylic acids is 1. The van der Waals surface area contributed by atoms with E-state index < -0.39 is 0 Å². The second-order valence-electron chi connectivity index (χ2n) is 6.67. The average molecular weight is 312 g/mol. The number of nitrogen functional groups attached to an aromatic ring is 1. The van der Waals surface area contributed by atoms with Crippen LogP contribution in [0.5, 0.6) is 0 Å². The molecule has 1 amide bonds. The van der Waals surface area contributed by atoms with Crippen LogP contribution in [0, 0.1) is 11.3 Å². The van der Waals surface area contributed by atoms with Gasteiger partial charge in [-0.15, -0.1) is 12.4 Å². The summed E-state index contributed by atoms with van der Waals surface area (Å²) in [5.41, 5.74) is 7.44. The summed E-state index contributed by atoms with van der Waals surface area (Å²) < 4.78 is 0. The molecular weight excluding hydrogens is 286 g/mol. The van der Waals surface area contributed by atoms with Gasteiger partial charge in [0.15, 0.2) is 0 Å². The second kappa shape index (κ2) is 7.64. The van der Waals surface area contributed by atoms with Crippen LogP contribution in [0.3, 0.4) is 0 Å². The van der Waals surface area contributed by atoms with E-state index in [9.17, 15) is 4.79 Å². The van der Waals surface area contributed by atoms with Crippen molar-refractivity contribution in [3.63, 3.8) is 0 Å². The highest BCUT2D eigenvalue weighted by Gasteiger charge is 2.26. The Hall–Kier alpha value is -1.29. The maximum absolute atomic E-state index is 11.9. The van der Waals surface area contributed by atoms with Gasteiger partial charge in [-0.25, -0.2) is 0 Å². The summed E-state index contributed by atoms with van der Waals surface area (Å²) in [5.74, 6) is 0.679. The van der Waals surface area contributed by atoms with Crippen molar-refractivity contribution in [3.8, 4) is 0 Å². The minimum Gasteiger partial charge on any atom is -0.397 e. The number of anilines is 1. The molecule has 5 heteroatoms. The van der Waals surface area contributed by atoms with Crippen LogP contribution in [-0.4, -0.2) is 17.4 Å². The molecule has 1 fully saturated rings. The fourth-order valence-electron chi connectivity index (χ4n) is 2.69. The molecular formula is C16H26ClN3O. The predicted molar refractivity (Wildman–Crippen MR) is 88.4 cm³/mol. The van der Waals surface area contributed by atoms with Gasteiger partial charge in [-0.3, -0.25) is 9.78 Å². The molecule has 21 heavy (non-hydrogen) atoms. The van der Waals surface area contributed by atoms with Crippen LogP contribution in [0.25, 0.3) is 0 Å². The Kier molecular flexibility index (Phi) is 6.46. The lowest BCUT2D eigenvalue weighted by Gasteiger charge is -2.34. The van der Waals surface area contributed by atoms with Crippen molar-refractivity contribution in [2.24, 2.45) is 11.3 Å². The first kappa shape index (κ1) is 17.8. The molecule has 0 atom stereocenters. The first-order valence-electron chi connectivity index (χ1n) is 7.42. The zero-order valence-electron chi connectivity index (χ0n) is 12.9. The number of hydrogen-bond acceptors (Lipinski definition) is 3. The van der Waals surface area contributed by atoms with E-state index >= 15 is 0 Å². The molecule has 1 aromatic heterocycles. The summed E-state index contributed by atoms with van der Waals surface area (Å²) >= 11 is 0. The number of rotatable bonds is 4. The normalized spacial score (nSPS) is 17.8. The molecule has 2 rings (SSSR count). The number of nitrogens with zero attached hydrogens (tertiary/aromatic N) is 1. The molecule has 4 nitrogen and oxygen atoms in total. The van der Waals surface area contributed by atoms with Crippen LogP contribution in [0.15, 0.2) is 18.3 Å². The maximum atomic E-state index is 11.9. The molecule has 1 aliphatic rings. The molecule has 0 aliphatic heterocycles. The van der Waals surface area contributed by atoms with Crippen LogP contribution in [0.4, 0.5) is 5.69 Å². The van der Waals surface area contributed by atoms with Gasteiger partial charge in [-0.1, -0.05) is 13.8 Å². The Labute approximate surface area is 133 Å². The third kappa shape index (κ3) is 5.92. The van der Waals surface area contributed by atoms with Crippen LogP contribution in [0.2, 0.25) is 0 Å². The van der Waals surface area contributed by atoms with Crippen LogP contribution >= 0.6 is 12.4 Å². The maximum Gasteiger partial charge on any atom is 0.226 e. The quantitative estimate of drug-likeness (QED) is 0.898. The van der Waals surface area contributed by atoms with E-state index in [1.807, 2.05) is 0 Å². The third-order valence-electron chi connectivity index (χ3n) is 4.24. The fourth-order valence-corrected chi connectivity index (χ4v) is 2.69. The van der Waals surface area contributed by atoms with Gasteiger partial charge in [-0.05, 0) is 49.1 Å². The van der Waals surface area contributed by atoms with Crippen molar-refractivity contribution >= 4 is 24.0 Å². The van der Waals surface area contributed by atoms with Gasteiger partial charge in [0.25, 0.3) is 0 Å². The van der Waals surface area contributed by atoms with Crippen LogP contribution in [-0.2, 0) is 11.2 Å². The number of aromatic nitrogens is 1. The highest BCUT2D eigenvalue weighted by Crippen LogP contribution is 2.37. The molecule has 3 N–H and O–H groups in total. The fraction of sp³-hybridized carbons (Fsp3) is 0.625. The number of nitrogens with one attached hydrogen (secondary N) is 1. The summed E-state index contributed by atoms with van der Waals surface area (Å²) in [4.78, 5) is 16.0. The van der Waals surface area contributed by atoms with Crippen molar-refractivity contribution in [2.45, 2.75) is 46.0 Å². The molecule has 0 radical (unpaired) electrons. The Morgan fingerprint density at radius 3 is 2.62 bits per heavy atom. The van der Waals surface area contributed by atoms with E-state index in [1.54, 1.807) is 18.3 Å². The van der Waals surface area contributed by atoms with Gasteiger partial charge < -0.3 is 11.1 Å². The van der Waals surface area contributed by atoms with Gasteiger partial charge in [0.05, 0.1) is 18.3 Å². The summed E-state index contributed by atoms with van der Waals surface area (Å²) in [6.07, 6.45) is 6.87. The molecule has 1 heterocycles. The number of halogens is 1. The Morgan fingerprint density at radius 2 is 2.05 bits per heavy atom. The number of hydrogen-bond donors (Lipinski definition) is 2. The molecule has 1 saturated carbocycles. The number of carbonyl (C=O) groups is 1. The molecule has 0 aromatic carbocycles. The SMILES string of the molecule is CC1(C)CCC(CNC(=O)Cc2ccc(N)cn2)CC1.Cl. The van der Waals surface area contributed by atoms with E-state index in [-0.39, 0.29) is 18.3 Å². The zero-order chi connectivity index (χ0) is 14.6. The largest absolute Gasteiger partial charge is 0.397 e. The minimum atomic E-state index is 0. The monoisotopic (exact) mass is 311 g/mol. The summed E-state index contributed by atoms with van der Waals surface area (Å²) in [6, 6.07) is 3.58. The Balaban J connectivity index is 0.00000220. The Morgan fingerprint density at radius 1 is 1.38 bits per heavy atom. The summed E-state index contributed by atoms with van der Waals surface area (Å²) in [7, 11) is 0. The van der Waals surface area contributed by atoms with Gasteiger partial charge in [0.1, 0.15) is 0 Å². The van der Waals surface area contributed by atoms with Gasteiger partial charge in [-0.2, -0.15) is 0 Å². The Bertz CT molecular complexity index is 449. The van der Waals surface area contributed by atoms with E-state index in [0.717, 1.165) is 12.2 Å². The smallest absolute Gasteiger partial charge is 0.226 e. The topological polar surface area (TPSA) is 68.0 Å². The highest BCUT2D eigenvalue weighted by molar-refractivity contribution is 5.85. The lowest BCUT2D eigenvalue weighted by Crippen LogP contribution is -2.33. The van der Waals surface area contributed by atoms with Gasteiger partial charge >= 0.3 is 0 Å². The van der Waals surface area contributed by atoms with Crippen molar-refractivity contribution in [2.75, 3.05) is 12.3 Å². The minimum absolute atomic E-state index is 0. The lowest BCUT2D eigenvalue weighted by atomic mass is 9.73. The molecule has 0 saturated heterocycles. The van der Waals surface area contributed by atoms with E-state index in [0.29, 0.717) is 23.4 Å². The average Bonchev–Trinajstić information content (AvgIpc) is 2.40. The summed E-state index contributed by atoms with van der Waals surface area (Å²) in [6.45, 7) is 5.45. The first-order chi connectivity index (χ1) is 9.44. The van der Waals surface area contributed by atoms with Crippen molar-refractivity contribution in [3.05, 3.63) is 24.0 Å². The van der Waals surface area contributed by atoms with Crippen LogP contribution < -0.4 is 11.1 Å². The second-order valence-corrected chi connectivity index (χ2v) is 6.67. The third-order valence-corrected chi connectivity index (χ3v) is 4.24. The van der Waals surface area contributed by atoms with Gasteiger partial charge in [0, 0.05) is 12.2 Å². The lowest BCUT2D eigenvalue weighted by molar-refractivity contribution is -0.120. The van der Waals surface area contributed by atoms with E-state index in [4.69, 9.17) is 5.73 Å². The standard InChI is InChI=1S/C16H25N3O.ClH/c1-16(2)7-5-12(6-8-16)10-19-15(20)9-14-4-3-13(17)11-18-14;/h3-4,11-12H,5-10,17H2,1-2H3,(H,19,20);1H. The van der Waals surface area contributed by atoms with Gasteiger partial charge in [0.2, 0.25) is 5.91 Å². The van der Waals surface area contributed by atoms with Crippen molar-refractivity contribution in [1.29, 1.82) is 0 Å². The van der Waals surface area contributed by atoms with Crippen molar-refractivity contribution in [1.82, 2.24) is 10.3 Å². The summed E-state index contributed by atoms with van der Waals surface area (Å²) in [5, 5.41) is 3.03.